The molecule has 2 N–H and O–H groups in total. The summed E-state index contributed by atoms with van der Waals surface area (Å²) in [5.41, 5.74) is 1.24. The number of halogens is 1. The van der Waals surface area contributed by atoms with E-state index in [1.54, 1.807) is 0 Å². The van der Waals surface area contributed by atoms with Crippen LogP contribution in [0, 0.1) is 11.8 Å². The first-order valence-electron chi connectivity index (χ1n) is 7.72. The van der Waals surface area contributed by atoms with Crippen molar-refractivity contribution in [1.82, 2.24) is 10.6 Å². The molecule has 1 saturated carbocycles. The summed E-state index contributed by atoms with van der Waals surface area (Å²) in [6.45, 7) is 2.69. The second-order valence-corrected chi connectivity index (χ2v) is 5.90. The van der Waals surface area contributed by atoms with Crippen molar-refractivity contribution in [2.24, 2.45) is 11.8 Å². The van der Waals surface area contributed by atoms with Crippen LogP contribution in [-0.4, -0.2) is 19.5 Å². The molecular weight excluding hydrogens is 284 g/mol. The summed E-state index contributed by atoms with van der Waals surface area (Å²) in [4.78, 5) is 12.3. The highest BCUT2D eigenvalue weighted by atomic mass is 35.5. The fourth-order valence-electron chi connectivity index (χ4n) is 3.12. The normalized spacial score (nSPS) is 17.8. The van der Waals surface area contributed by atoms with Gasteiger partial charge < -0.3 is 10.6 Å². The molecule has 118 valence electrons. The lowest BCUT2D eigenvalue weighted by Gasteiger charge is -2.26. The molecule has 1 aromatic rings. The topological polar surface area (TPSA) is 41.1 Å². The van der Waals surface area contributed by atoms with Crippen LogP contribution in [-0.2, 0) is 4.79 Å². The molecule has 21 heavy (non-hydrogen) atoms. The lowest BCUT2D eigenvalue weighted by atomic mass is 9.91. The number of carbonyl (C=O) groups is 1. The third kappa shape index (κ3) is 5.01. The van der Waals surface area contributed by atoms with Gasteiger partial charge in [-0.1, -0.05) is 50.1 Å². The monoisotopic (exact) mass is 310 g/mol. The standard InChI is InChI=1S/C17H26N2O.ClH/c1-13(12-18-2)17(20)19-16(15-10-6-7-11-15)14-8-4-3-5-9-14;/h3-5,8-9,13,15-16,18H,6-7,10-12H2,1-2H3,(H,19,20);1H. The van der Waals surface area contributed by atoms with Crippen molar-refractivity contribution in [1.29, 1.82) is 0 Å². The van der Waals surface area contributed by atoms with E-state index in [4.69, 9.17) is 0 Å². The smallest absolute Gasteiger partial charge is 0.224 e. The summed E-state index contributed by atoms with van der Waals surface area (Å²) in [7, 11) is 1.88. The molecule has 0 bridgehead atoms. The molecule has 1 aliphatic rings. The molecule has 2 unspecified atom stereocenters. The molecule has 3 nitrogen and oxygen atoms in total. The number of nitrogens with one attached hydrogen (secondary N) is 2. The summed E-state index contributed by atoms with van der Waals surface area (Å²) >= 11 is 0. The van der Waals surface area contributed by atoms with Gasteiger partial charge in [-0.15, -0.1) is 12.4 Å². The van der Waals surface area contributed by atoms with Gasteiger partial charge in [-0.3, -0.25) is 4.79 Å². The molecular formula is C17H27ClN2O. The van der Waals surface area contributed by atoms with Gasteiger partial charge >= 0.3 is 0 Å². The average Bonchev–Trinajstić information content (AvgIpc) is 2.99. The van der Waals surface area contributed by atoms with Crippen molar-refractivity contribution in [3.8, 4) is 0 Å². The summed E-state index contributed by atoms with van der Waals surface area (Å²) in [5.74, 6) is 0.746. The highest BCUT2D eigenvalue weighted by Gasteiger charge is 2.28. The van der Waals surface area contributed by atoms with E-state index in [2.05, 4.69) is 34.9 Å². The van der Waals surface area contributed by atoms with E-state index in [0.29, 0.717) is 5.92 Å². The van der Waals surface area contributed by atoms with Crippen molar-refractivity contribution in [3.63, 3.8) is 0 Å². The Bertz CT molecular complexity index is 418. The van der Waals surface area contributed by atoms with Gasteiger partial charge in [0.1, 0.15) is 0 Å². The second kappa shape index (κ2) is 9.06. The molecule has 1 amide bonds. The molecule has 1 aromatic carbocycles. The van der Waals surface area contributed by atoms with E-state index in [-0.39, 0.29) is 30.3 Å². The molecule has 0 radical (unpaired) electrons. The van der Waals surface area contributed by atoms with Crippen molar-refractivity contribution in [3.05, 3.63) is 35.9 Å². The highest BCUT2D eigenvalue weighted by molar-refractivity contribution is 5.85. The third-order valence-electron chi connectivity index (χ3n) is 4.29. The number of amides is 1. The fraction of sp³-hybridized carbons (Fsp3) is 0.588. The summed E-state index contributed by atoms with van der Waals surface area (Å²) < 4.78 is 0. The Hall–Kier alpha value is -1.06. The van der Waals surface area contributed by atoms with Crippen LogP contribution in [0.15, 0.2) is 30.3 Å². The van der Waals surface area contributed by atoms with Crippen LogP contribution in [0.25, 0.3) is 0 Å². The van der Waals surface area contributed by atoms with Crippen LogP contribution in [0.2, 0.25) is 0 Å². The summed E-state index contributed by atoms with van der Waals surface area (Å²) in [5, 5.41) is 6.35. The quantitative estimate of drug-likeness (QED) is 0.846. The zero-order chi connectivity index (χ0) is 14.4. The number of carbonyl (C=O) groups excluding carboxylic acids is 1. The Morgan fingerprint density at radius 3 is 2.43 bits per heavy atom. The molecule has 0 aromatic heterocycles. The molecule has 1 aliphatic carbocycles. The van der Waals surface area contributed by atoms with Gasteiger partial charge in [0.25, 0.3) is 0 Å². The summed E-state index contributed by atoms with van der Waals surface area (Å²) in [6.07, 6.45) is 5.02. The van der Waals surface area contributed by atoms with E-state index in [0.717, 1.165) is 6.54 Å². The SMILES string of the molecule is CNCC(C)C(=O)NC(c1ccccc1)C1CCCC1.Cl. The maximum absolute atomic E-state index is 12.3. The van der Waals surface area contributed by atoms with Crippen LogP contribution in [0.5, 0.6) is 0 Å². The van der Waals surface area contributed by atoms with E-state index < -0.39 is 0 Å². The largest absolute Gasteiger partial charge is 0.349 e. The minimum absolute atomic E-state index is 0. The molecule has 0 aliphatic heterocycles. The molecule has 0 heterocycles. The van der Waals surface area contributed by atoms with E-state index in [1.807, 2.05) is 20.0 Å². The molecule has 1 fully saturated rings. The molecule has 2 atom stereocenters. The van der Waals surface area contributed by atoms with Gasteiger partial charge in [-0.25, -0.2) is 0 Å². The molecule has 0 saturated heterocycles. The van der Waals surface area contributed by atoms with Crippen LogP contribution in [0.1, 0.15) is 44.2 Å². The Morgan fingerprint density at radius 2 is 1.86 bits per heavy atom. The first kappa shape index (κ1) is 18.0. The lowest BCUT2D eigenvalue weighted by molar-refractivity contribution is -0.125. The van der Waals surface area contributed by atoms with Gasteiger partial charge in [-0.05, 0) is 31.4 Å². The molecule has 0 spiro atoms. The van der Waals surface area contributed by atoms with Crippen molar-refractivity contribution >= 4 is 18.3 Å². The van der Waals surface area contributed by atoms with Crippen LogP contribution >= 0.6 is 12.4 Å². The van der Waals surface area contributed by atoms with Crippen molar-refractivity contribution in [2.75, 3.05) is 13.6 Å². The average molecular weight is 311 g/mol. The Kier molecular flexibility index (Phi) is 7.76. The minimum Gasteiger partial charge on any atom is -0.349 e. The van der Waals surface area contributed by atoms with Crippen molar-refractivity contribution < 1.29 is 4.79 Å². The molecule has 2 rings (SSSR count). The first-order chi connectivity index (χ1) is 9.72. The lowest BCUT2D eigenvalue weighted by Crippen LogP contribution is -2.39. The first-order valence-corrected chi connectivity index (χ1v) is 7.72. The van der Waals surface area contributed by atoms with Gasteiger partial charge in [0.05, 0.1) is 6.04 Å². The Morgan fingerprint density at radius 1 is 1.24 bits per heavy atom. The van der Waals surface area contributed by atoms with Gasteiger partial charge in [-0.2, -0.15) is 0 Å². The van der Waals surface area contributed by atoms with E-state index in [1.165, 1.54) is 31.2 Å². The van der Waals surface area contributed by atoms with Gasteiger partial charge in [0.2, 0.25) is 5.91 Å². The maximum Gasteiger partial charge on any atom is 0.224 e. The van der Waals surface area contributed by atoms with Crippen LogP contribution < -0.4 is 10.6 Å². The number of hydrogen-bond donors (Lipinski definition) is 2. The maximum atomic E-state index is 12.3. The van der Waals surface area contributed by atoms with E-state index >= 15 is 0 Å². The van der Waals surface area contributed by atoms with Crippen LogP contribution in [0.4, 0.5) is 0 Å². The number of rotatable bonds is 6. The highest BCUT2D eigenvalue weighted by Crippen LogP contribution is 2.35. The second-order valence-electron chi connectivity index (χ2n) is 5.90. The zero-order valence-corrected chi connectivity index (χ0v) is 13.8. The minimum atomic E-state index is 0. The Labute approximate surface area is 134 Å². The molecule has 4 heteroatoms. The van der Waals surface area contributed by atoms with Gasteiger partial charge in [0, 0.05) is 12.5 Å². The van der Waals surface area contributed by atoms with Crippen molar-refractivity contribution in [2.45, 2.75) is 38.6 Å². The summed E-state index contributed by atoms with van der Waals surface area (Å²) in [6, 6.07) is 10.6. The van der Waals surface area contributed by atoms with Gasteiger partial charge in [0.15, 0.2) is 0 Å². The third-order valence-corrected chi connectivity index (χ3v) is 4.29. The fourth-order valence-corrected chi connectivity index (χ4v) is 3.12. The number of benzene rings is 1. The predicted octanol–water partition coefficient (Wildman–Crippen LogP) is 3.31. The Balaban J connectivity index is 0.00000220. The zero-order valence-electron chi connectivity index (χ0n) is 13.0. The number of hydrogen-bond acceptors (Lipinski definition) is 2. The predicted molar refractivity (Wildman–Crippen MR) is 89.6 cm³/mol. The van der Waals surface area contributed by atoms with E-state index in [9.17, 15) is 4.79 Å². The van der Waals surface area contributed by atoms with Crippen LogP contribution in [0.3, 0.4) is 0 Å².